The largest absolute Gasteiger partial charge is 0.392 e. The number of aliphatic hydroxyl groups excluding tert-OH is 1. The van der Waals surface area contributed by atoms with E-state index in [9.17, 15) is 0 Å². The lowest BCUT2D eigenvalue weighted by Crippen LogP contribution is -2.01. The summed E-state index contributed by atoms with van der Waals surface area (Å²) in [5.41, 5.74) is 3.66. The molecule has 0 spiro atoms. The summed E-state index contributed by atoms with van der Waals surface area (Å²) in [5, 5.41) is 12.5. The van der Waals surface area contributed by atoms with Gasteiger partial charge in [0.2, 0.25) is 0 Å². The van der Waals surface area contributed by atoms with Crippen molar-refractivity contribution in [2.75, 3.05) is 11.9 Å². The first-order chi connectivity index (χ1) is 6.85. The second kappa shape index (κ2) is 4.01. The Balaban J connectivity index is 2.27. The molecule has 2 rings (SSSR count). The van der Waals surface area contributed by atoms with Gasteiger partial charge in [0.05, 0.1) is 6.61 Å². The highest BCUT2D eigenvalue weighted by atomic mass is 16.3. The standard InChI is InChI=1S/C12H17NO/c1-2-3-10-7-13-12-5-4-9(8-14)6-11(10)12/h4-6,10,13-14H,2-3,7-8H2,1H3. The van der Waals surface area contributed by atoms with Crippen molar-refractivity contribution in [3.05, 3.63) is 29.3 Å². The second-order valence-electron chi connectivity index (χ2n) is 3.95. The highest BCUT2D eigenvalue weighted by Gasteiger charge is 2.20. The van der Waals surface area contributed by atoms with Crippen LogP contribution in [-0.4, -0.2) is 11.7 Å². The average molecular weight is 191 g/mol. The molecule has 1 unspecified atom stereocenters. The number of benzene rings is 1. The van der Waals surface area contributed by atoms with Crippen LogP contribution in [0.1, 0.15) is 36.8 Å². The predicted octanol–water partition coefficient (Wildman–Crippen LogP) is 2.49. The van der Waals surface area contributed by atoms with Gasteiger partial charge in [-0.05, 0) is 23.6 Å². The van der Waals surface area contributed by atoms with Crippen LogP contribution >= 0.6 is 0 Å². The van der Waals surface area contributed by atoms with Crippen molar-refractivity contribution in [3.8, 4) is 0 Å². The average Bonchev–Trinajstić information content (AvgIpc) is 2.61. The van der Waals surface area contributed by atoms with Gasteiger partial charge in [-0.15, -0.1) is 0 Å². The van der Waals surface area contributed by atoms with E-state index in [-0.39, 0.29) is 6.61 Å². The van der Waals surface area contributed by atoms with Gasteiger partial charge in [0.25, 0.3) is 0 Å². The highest BCUT2D eigenvalue weighted by Crippen LogP contribution is 2.34. The molecule has 2 N–H and O–H groups in total. The second-order valence-corrected chi connectivity index (χ2v) is 3.95. The molecule has 14 heavy (non-hydrogen) atoms. The van der Waals surface area contributed by atoms with Crippen molar-refractivity contribution in [1.82, 2.24) is 0 Å². The topological polar surface area (TPSA) is 32.3 Å². The molecule has 76 valence electrons. The van der Waals surface area contributed by atoms with Crippen LogP contribution in [0.15, 0.2) is 18.2 Å². The summed E-state index contributed by atoms with van der Waals surface area (Å²) >= 11 is 0. The summed E-state index contributed by atoms with van der Waals surface area (Å²) < 4.78 is 0. The summed E-state index contributed by atoms with van der Waals surface area (Å²) in [7, 11) is 0. The van der Waals surface area contributed by atoms with Crippen LogP contribution in [0.3, 0.4) is 0 Å². The zero-order valence-electron chi connectivity index (χ0n) is 8.59. The molecular formula is C12H17NO. The van der Waals surface area contributed by atoms with Gasteiger partial charge in [0, 0.05) is 18.2 Å². The molecule has 0 saturated carbocycles. The van der Waals surface area contributed by atoms with E-state index in [1.165, 1.54) is 24.1 Å². The minimum Gasteiger partial charge on any atom is -0.392 e. The lowest BCUT2D eigenvalue weighted by Gasteiger charge is -2.08. The molecule has 1 aliphatic heterocycles. The minimum atomic E-state index is 0.145. The first-order valence-electron chi connectivity index (χ1n) is 5.32. The van der Waals surface area contributed by atoms with Crippen LogP contribution in [0.25, 0.3) is 0 Å². The number of anilines is 1. The Hall–Kier alpha value is -1.02. The highest BCUT2D eigenvalue weighted by molar-refractivity contribution is 5.58. The van der Waals surface area contributed by atoms with Gasteiger partial charge >= 0.3 is 0 Å². The quantitative estimate of drug-likeness (QED) is 0.769. The molecular weight excluding hydrogens is 174 g/mol. The molecule has 2 nitrogen and oxygen atoms in total. The third-order valence-electron chi connectivity index (χ3n) is 2.91. The minimum absolute atomic E-state index is 0.145. The number of nitrogens with one attached hydrogen (secondary N) is 1. The maximum Gasteiger partial charge on any atom is 0.0681 e. The normalized spacial score (nSPS) is 19.1. The van der Waals surface area contributed by atoms with Crippen molar-refractivity contribution in [2.24, 2.45) is 0 Å². The molecule has 1 aromatic rings. The van der Waals surface area contributed by atoms with E-state index in [1.54, 1.807) is 0 Å². The lowest BCUT2D eigenvalue weighted by atomic mass is 9.95. The number of aliphatic hydroxyl groups is 1. The van der Waals surface area contributed by atoms with Crippen LogP contribution in [0.4, 0.5) is 5.69 Å². The Kier molecular flexibility index (Phi) is 2.73. The van der Waals surface area contributed by atoms with Gasteiger partial charge in [-0.25, -0.2) is 0 Å². The molecule has 0 aromatic heterocycles. The fourth-order valence-corrected chi connectivity index (χ4v) is 2.16. The van der Waals surface area contributed by atoms with E-state index in [0.717, 1.165) is 12.1 Å². The monoisotopic (exact) mass is 191 g/mol. The number of rotatable bonds is 3. The molecule has 1 aliphatic rings. The fourth-order valence-electron chi connectivity index (χ4n) is 2.16. The van der Waals surface area contributed by atoms with Crippen molar-refractivity contribution >= 4 is 5.69 Å². The van der Waals surface area contributed by atoms with Crippen molar-refractivity contribution in [1.29, 1.82) is 0 Å². The number of hydrogen-bond acceptors (Lipinski definition) is 2. The molecule has 1 heterocycles. The van der Waals surface area contributed by atoms with Crippen molar-refractivity contribution in [2.45, 2.75) is 32.3 Å². The number of hydrogen-bond donors (Lipinski definition) is 2. The molecule has 2 heteroatoms. The van der Waals surface area contributed by atoms with E-state index in [4.69, 9.17) is 5.11 Å². The molecule has 0 fully saturated rings. The van der Waals surface area contributed by atoms with Gasteiger partial charge in [-0.1, -0.05) is 25.5 Å². The fraction of sp³-hybridized carbons (Fsp3) is 0.500. The van der Waals surface area contributed by atoms with Crippen molar-refractivity contribution < 1.29 is 5.11 Å². The Bertz CT molecular complexity index is 320. The van der Waals surface area contributed by atoms with Crippen LogP contribution in [0.5, 0.6) is 0 Å². The Morgan fingerprint density at radius 2 is 2.36 bits per heavy atom. The summed E-state index contributed by atoms with van der Waals surface area (Å²) in [6.07, 6.45) is 2.45. The van der Waals surface area contributed by atoms with Crippen molar-refractivity contribution in [3.63, 3.8) is 0 Å². The van der Waals surface area contributed by atoms with Crippen LogP contribution in [-0.2, 0) is 6.61 Å². The lowest BCUT2D eigenvalue weighted by molar-refractivity contribution is 0.281. The summed E-state index contributed by atoms with van der Waals surface area (Å²) in [6.45, 7) is 3.41. The molecule has 1 aromatic carbocycles. The van der Waals surface area contributed by atoms with Crippen LogP contribution in [0, 0.1) is 0 Å². The molecule has 0 bridgehead atoms. The van der Waals surface area contributed by atoms with E-state index in [2.05, 4.69) is 24.4 Å². The first kappa shape index (κ1) is 9.53. The maximum absolute atomic E-state index is 9.06. The van der Waals surface area contributed by atoms with Crippen LogP contribution < -0.4 is 5.32 Å². The van der Waals surface area contributed by atoms with Gasteiger partial charge < -0.3 is 10.4 Å². The zero-order valence-corrected chi connectivity index (χ0v) is 8.59. The third-order valence-corrected chi connectivity index (χ3v) is 2.91. The molecule has 0 radical (unpaired) electrons. The smallest absolute Gasteiger partial charge is 0.0681 e. The van der Waals surface area contributed by atoms with Gasteiger partial charge in [0.1, 0.15) is 0 Å². The molecule has 0 amide bonds. The summed E-state index contributed by atoms with van der Waals surface area (Å²) in [5.74, 6) is 0.640. The van der Waals surface area contributed by atoms with Gasteiger partial charge in [-0.2, -0.15) is 0 Å². The van der Waals surface area contributed by atoms with E-state index in [0.29, 0.717) is 5.92 Å². The molecule has 0 aliphatic carbocycles. The van der Waals surface area contributed by atoms with Gasteiger partial charge in [0.15, 0.2) is 0 Å². The summed E-state index contributed by atoms with van der Waals surface area (Å²) in [6, 6.07) is 6.20. The predicted molar refractivity (Wildman–Crippen MR) is 58.5 cm³/mol. The Labute approximate surface area is 85.0 Å². The Morgan fingerprint density at radius 1 is 1.50 bits per heavy atom. The Morgan fingerprint density at radius 3 is 3.07 bits per heavy atom. The first-order valence-corrected chi connectivity index (χ1v) is 5.32. The third kappa shape index (κ3) is 1.62. The zero-order chi connectivity index (χ0) is 9.97. The van der Waals surface area contributed by atoms with Gasteiger partial charge in [-0.3, -0.25) is 0 Å². The molecule has 0 saturated heterocycles. The SMILES string of the molecule is CCCC1CNc2ccc(CO)cc21. The van der Waals surface area contributed by atoms with Crippen LogP contribution in [0.2, 0.25) is 0 Å². The maximum atomic E-state index is 9.06. The summed E-state index contributed by atoms with van der Waals surface area (Å²) in [4.78, 5) is 0. The number of fused-ring (bicyclic) bond motifs is 1. The van der Waals surface area contributed by atoms with E-state index >= 15 is 0 Å². The molecule has 1 atom stereocenters. The van der Waals surface area contributed by atoms with E-state index < -0.39 is 0 Å². The van der Waals surface area contributed by atoms with E-state index in [1.807, 2.05) is 6.07 Å².